The second kappa shape index (κ2) is 5.13. The van der Waals surface area contributed by atoms with Crippen molar-refractivity contribution < 1.29 is 18.9 Å². The molecule has 2 N–H and O–H groups in total. The molecule has 1 saturated carbocycles. The SMILES string of the molecule is COc1ccc(OC)c([C@@]2(C)[C@]3(C#N)C(N)=N[C@]4(OC[C@H](C)O4)[C@@]32C#N)c1. The molecule has 0 unspecified atom stereocenters. The molecule has 0 radical (unpaired) electrons. The molecule has 0 amide bonds. The normalized spacial score (nSPS) is 41.4. The lowest BCUT2D eigenvalue weighted by molar-refractivity contribution is -0.196. The van der Waals surface area contributed by atoms with Gasteiger partial charge in [0, 0.05) is 5.56 Å². The highest BCUT2D eigenvalue weighted by Crippen LogP contribution is 2.86. The van der Waals surface area contributed by atoms with Crippen molar-refractivity contribution in [1.29, 1.82) is 10.5 Å². The van der Waals surface area contributed by atoms with Crippen LogP contribution in [-0.2, 0) is 14.9 Å². The maximum atomic E-state index is 10.3. The van der Waals surface area contributed by atoms with Gasteiger partial charge in [-0.1, -0.05) is 6.92 Å². The van der Waals surface area contributed by atoms with Crippen molar-refractivity contribution in [3.63, 3.8) is 0 Å². The Kier molecular flexibility index (Phi) is 3.34. The predicted octanol–water partition coefficient (Wildman–Crippen LogP) is 1.45. The number of fused-ring (bicyclic) bond motifs is 2. The van der Waals surface area contributed by atoms with Crippen LogP contribution in [0.15, 0.2) is 23.2 Å². The van der Waals surface area contributed by atoms with Crippen molar-refractivity contribution >= 4 is 5.84 Å². The third-order valence-corrected chi connectivity index (χ3v) is 6.28. The Bertz CT molecular complexity index is 950. The van der Waals surface area contributed by atoms with Crippen LogP contribution in [0.4, 0.5) is 0 Å². The van der Waals surface area contributed by atoms with Gasteiger partial charge in [0.15, 0.2) is 10.8 Å². The smallest absolute Gasteiger partial charge is 0.294 e. The van der Waals surface area contributed by atoms with Crippen molar-refractivity contribution in [2.45, 2.75) is 31.3 Å². The monoisotopic (exact) mass is 368 g/mol. The molecule has 2 aliphatic heterocycles. The molecular weight excluding hydrogens is 348 g/mol. The van der Waals surface area contributed by atoms with E-state index < -0.39 is 22.2 Å². The first-order valence-corrected chi connectivity index (χ1v) is 8.56. The summed E-state index contributed by atoms with van der Waals surface area (Å²) in [6.45, 7) is 3.88. The number of nitrogens with zero attached hydrogens (tertiary/aromatic N) is 3. The molecule has 1 saturated heterocycles. The topological polar surface area (TPSA) is 123 Å². The van der Waals surface area contributed by atoms with Crippen LogP contribution < -0.4 is 15.2 Å². The lowest BCUT2D eigenvalue weighted by Crippen LogP contribution is -2.42. The van der Waals surface area contributed by atoms with Crippen molar-refractivity contribution in [3.8, 4) is 23.6 Å². The zero-order valence-electron chi connectivity index (χ0n) is 15.6. The molecule has 1 aromatic carbocycles. The largest absolute Gasteiger partial charge is 0.497 e. The van der Waals surface area contributed by atoms with Gasteiger partial charge in [-0.3, -0.25) is 0 Å². The van der Waals surface area contributed by atoms with Crippen LogP contribution in [0.5, 0.6) is 11.5 Å². The van der Waals surface area contributed by atoms with Gasteiger partial charge in [0.1, 0.15) is 17.3 Å². The molecule has 140 valence electrons. The highest BCUT2D eigenvalue weighted by Gasteiger charge is 3.00. The minimum absolute atomic E-state index is 0.0352. The molecule has 1 spiro atoms. The molecule has 8 nitrogen and oxygen atoms in total. The number of methoxy groups -OCH3 is 2. The van der Waals surface area contributed by atoms with E-state index in [1.54, 1.807) is 32.2 Å². The molecule has 0 bridgehead atoms. The molecule has 3 aliphatic rings. The fourth-order valence-corrected chi connectivity index (χ4v) is 5.00. The molecule has 4 rings (SSSR count). The summed E-state index contributed by atoms with van der Waals surface area (Å²) < 4.78 is 22.7. The van der Waals surface area contributed by atoms with Crippen LogP contribution in [0.3, 0.4) is 0 Å². The summed E-state index contributed by atoms with van der Waals surface area (Å²) in [5.41, 5.74) is 2.94. The Hall–Kier alpha value is -2.81. The van der Waals surface area contributed by atoms with Crippen LogP contribution >= 0.6 is 0 Å². The van der Waals surface area contributed by atoms with Gasteiger partial charge >= 0.3 is 0 Å². The zero-order valence-corrected chi connectivity index (χ0v) is 15.6. The summed E-state index contributed by atoms with van der Waals surface area (Å²) in [6.07, 6.45) is -0.279. The second-order valence-corrected chi connectivity index (χ2v) is 7.23. The third-order valence-electron chi connectivity index (χ3n) is 6.28. The lowest BCUT2D eigenvalue weighted by atomic mass is 9.84. The molecule has 2 fully saturated rings. The van der Waals surface area contributed by atoms with Crippen molar-refractivity contribution in [2.24, 2.45) is 21.6 Å². The summed E-state index contributed by atoms with van der Waals surface area (Å²) in [5, 5.41) is 20.5. The number of amidine groups is 1. The molecule has 5 atom stereocenters. The maximum Gasteiger partial charge on any atom is 0.294 e. The summed E-state index contributed by atoms with van der Waals surface area (Å²) in [7, 11) is 3.08. The van der Waals surface area contributed by atoms with Gasteiger partial charge in [0.25, 0.3) is 5.91 Å². The Balaban J connectivity index is 2.02. The van der Waals surface area contributed by atoms with E-state index in [9.17, 15) is 10.5 Å². The Morgan fingerprint density at radius 3 is 2.52 bits per heavy atom. The molecular formula is C19H20N4O4. The Morgan fingerprint density at radius 2 is 2.00 bits per heavy atom. The van der Waals surface area contributed by atoms with Gasteiger partial charge in [0.2, 0.25) is 0 Å². The number of hydrogen-bond donors (Lipinski definition) is 1. The summed E-state index contributed by atoms with van der Waals surface area (Å²) in [5.74, 6) is -0.493. The Morgan fingerprint density at radius 1 is 1.26 bits per heavy atom. The number of hydrogen-bond acceptors (Lipinski definition) is 8. The average Bonchev–Trinajstić information content (AvgIpc) is 2.85. The van der Waals surface area contributed by atoms with Gasteiger partial charge in [-0.2, -0.15) is 10.5 Å². The van der Waals surface area contributed by atoms with Crippen LogP contribution in [0.25, 0.3) is 0 Å². The second-order valence-electron chi connectivity index (χ2n) is 7.23. The van der Waals surface area contributed by atoms with E-state index in [4.69, 9.17) is 24.7 Å². The molecule has 27 heavy (non-hydrogen) atoms. The van der Waals surface area contributed by atoms with Gasteiger partial charge < -0.3 is 24.7 Å². The molecule has 0 aromatic heterocycles. The number of nitrogens with two attached hydrogens (primary N) is 1. The van der Waals surface area contributed by atoms with Crippen LogP contribution in [0.1, 0.15) is 19.4 Å². The van der Waals surface area contributed by atoms with Gasteiger partial charge in [0.05, 0.1) is 44.5 Å². The van der Waals surface area contributed by atoms with Crippen LogP contribution in [0.2, 0.25) is 0 Å². The molecule has 2 heterocycles. The van der Waals surface area contributed by atoms with Crippen molar-refractivity contribution in [2.75, 3.05) is 20.8 Å². The number of benzene rings is 1. The molecule has 1 aliphatic carbocycles. The zero-order chi connectivity index (χ0) is 19.7. The number of ether oxygens (including phenoxy) is 4. The highest BCUT2D eigenvalue weighted by molar-refractivity contribution is 6.02. The van der Waals surface area contributed by atoms with E-state index in [2.05, 4.69) is 17.1 Å². The first kappa shape index (κ1) is 17.6. The quantitative estimate of drug-likeness (QED) is 0.856. The minimum Gasteiger partial charge on any atom is -0.497 e. The van der Waals surface area contributed by atoms with Crippen molar-refractivity contribution in [1.82, 2.24) is 0 Å². The fourth-order valence-electron chi connectivity index (χ4n) is 5.00. The van der Waals surface area contributed by atoms with Crippen molar-refractivity contribution in [3.05, 3.63) is 23.8 Å². The van der Waals surface area contributed by atoms with Gasteiger partial charge in [-0.15, -0.1) is 0 Å². The van der Waals surface area contributed by atoms with E-state index in [1.165, 1.54) is 7.11 Å². The van der Waals surface area contributed by atoms with Crippen LogP contribution in [-0.4, -0.2) is 38.7 Å². The fraction of sp³-hybridized carbons (Fsp3) is 0.526. The highest BCUT2D eigenvalue weighted by atomic mass is 16.8. The summed E-state index contributed by atoms with van der Waals surface area (Å²) in [6, 6.07) is 9.82. The lowest BCUT2D eigenvalue weighted by Gasteiger charge is -2.30. The standard InChI is InChI=1S/C19H20N4O4/c1-11-8-26-19(27-11)18(10-21)16(2,17(18,9-20)15(22)23-19)13-7-12(24-3)5-6-14(13)25-4/h5-7,11H,8H2,1-4H3,(H2,22,23)/t11-,16-,17-,18+,19-/m0/s1. The van der Waals surface area contributed by atoms with E-state index in [0.717, 1.165) is 0 Å². The predicted molar refractivity (Wildman–Crippen MR) is 93.8 cm³/mol. The van der Waals surface area contributed by atoms with E-state index in [1.807, 2.05) is 6.92 Å². The number of aliphatic imine (C=N–C) groups is 1. The van der Waals surface area contributed by atoms with Gasteiger partial charge in [-0.05, 0) is 25.1 Å². The van der Waals surface area contributed by atoms with E-state index in [0.29, 0.717) is 17.1 Å². The maximum absolute atomic E-state index is 10.3. The van der Waals surface area contributed by atoms with Gasteiger partial charge in [-0.25, -0.2) is 4.99 Å². The van der Waals surface area contributed by atoms with E-state index in [-0.39, 0.29) is 18.5 Å². The summed E-state index contributed by atoms with van der Waals surface area (Å²) in [4.78, 5) is 4.34. The number of rotatable bonds is 3. The first-order chi connectivity index (χ1) is 12.8. The third kappa shape index (κ3) is 1.54. The average molecular weight is 368 g/mol. The van der Waals surface area contributed by atoms with Crippen LogP contribution in [0, 0.1) is 33.5 Å². The molecule has 8 heteroatoms. The molecule has 1 aromatic rings. The summed E-state index contributed by atoms with van der Waals surface area (Å²) >= 11 is 0. The number of nitriles is 2. The first-order valence-electron chi connectivity index (χ1n) is 8.56. The van der Waals surface area contributed by atoms with E-state index >= 15 is 0 Å². The minimum atomic E-state index is -1.62. The Labute approximate surface area is 157 Å².